The molecular formula is C17H18ClN5. The van der Waals surface area contributed by atoms with Gasteiger partial charge in [-0.05, 0) is 31.3 Å². The van der Waals surface area contributed by atoms with Crippen molar-refractivity contribution in [2.24, 2.45) is 0 Å². The fourth-order valence-corrected chi connectivity index (χ4v) is 3.11. The second kappa shape index (κ2) is 5.83. The van der Waals surface area contributed by atoms with Gasteiger partial charge in [-0.1, -0.05) is 23.7 Å². The van der Waals surface area contributed by atoms with Crippen LogP contribution in [0.3, 0.4) is 0 Å². The number of aromatic nitrogens is 3. The van der Waals surface area contributed by atoms with Crippen LogP contribution in [0.5, 0.6) is 0 Å². The Hall–Kier alpha value is -2.11. The zero-order valence-electron chi connectivity index (χ0n) is 13.0. The number of benzene rings is 1. The minimum absolute atomic E-state index is 0.465. The topological polar surface area (TPSA) is 36.7 Å². The van der Waals surface area contributed by atoms with Crippen molar-refractivity contribution in [2.45, 2.75) is 0 Å². The molecule has 1 aliphatic rings. The molecule has 0 bridgehead atoms. The summed E-state index contributed by atoms with van der Waals surface area (Å²) < 4.78 is 1.80. The molecule has 0 radical (unpaired) electrons. The van der Waals surface area contributed by atoms with Crippen LogP contribution in [0.4, 0.5) is 5.69 Å². The molecule has 3 heterocycles. The number of hydrogen-bond donors (Lipinski definition) is 0. The molecule has 3 aromatic rings. The number of rotatable bonds is 2. The number of fused-ring (bicyclic) bond motifs is 1. The quantitative estimate of drug-likeness (QED) is 0.725. The van der Waals surface area contributed by atoms with Gasteiger partial charge in [0.25, 0.3) is 0 Å². The number of hydrogen-bond acceptors (Lipinski definition) is 4. The van der Waals surface area contributed by atoms with Crippen molar-refractivity contribution in [2.75, 3.05) is 38.1 Å². The largest absolute Gasteiger partial charge is 0.369 e. The Kier molecular flexibility index (Phi) is 3.67. The van der Waals surface area contributed by atoms with Gasteiger partial charge < -0.3 is 9.80 Å². The smallest absolute Gasteiger partial charge is 0.154 e. The van der Waals surface area contributed by atoms with Crippen molar-refractivity contribution in [1.82, 2.24) is 19.5 Å². The molecule has 23 heavy (non-hydrogen) atoms. The van der Waals surface area contributed by atoms with E-state index in [0.717, 1.165) is 43.1 Å². The number of nitrogens with zero attached hydrogens (tertiary/aromatic N) is 5. The number of anilines is 1. The third-order valence-corrected chi connectivity index (χ3v) is 4.54. The van der Waals surface area contributed by atoms with E-state index in [-0.39, 0.29) is 0 Å². The summed E-state index contributed by atoms with van der Waals surface area (Å²) >= 11 is 6.03. The maximum Gasteiger partial charge on any atom is 0.154 e. The molecule has 0 amide bonds. The van der Waals surface area contributed by atoms with Crippen LogP contribution in [0.25, 0.3) is 16.9 Å². The number of piperazine rings is 1. The second-order valence-electron chi connectivity index (χ2n) is 5.91. The first-order valence-electron chi connectivity index (χ1n) is 7.75. The Morgan fingerprint density at radius 3 is 2.70 bits per heavy atom. The third kappa shape index (κ3) is 2.78. The van der Waals surface area contributed by atoms with Crippen molar-refractivity contribution < 1.29 is 0 Å². The average Bonchev–Trinajstić information content (AvgIpc) is 2.98. The molecule has 1 aliphatic heterocycles. The summed E-state index contributed by atoms with van der Waals surface area (Å²) in [7, 11) is 2.17. The monoisotopic (exact) mass is 327 g/mol. The van der Waals surface area contributed by atoms with E-state index < -0.39 is 0 Å². The van der Waals surface area contributed by atoms with Gasteiger partial charge >= 0.3 is 0 Å². The zero-order valence-corrected chi connectivity index (χ0v) is 13.7. The fraction of sp³-hybridized carbons (Fsp3) is 0.294. The van der Waals surface area contributed by atoms with Gasteiger partial charge in [-0.3, -0.25) is 0 Å². The highest BCUT2D eigenvalue weighted by molar-refractivity contribution is 6.29. The molecule has 0 spiro atoms. The van der Waals surface area contributed by atoms with Crippen LogP contribution in [0.15, 0.2) is 42.6 Å². The molecule has 6 heteroatoms. The first-order valence-corrected chi connectivity index (χ1v) is 8.13. The molecule has 1 aromatic carbocycles. The molecular weight excluding hydrogens is 310 g/mol. The van der Waals surface area contributed by atoms with E-state index in [2.05, 4.69) is 51.2 Å². The van der Waals surface area contributed by atoms with E-state index >= 15 is 0 Å². The molecule has 0 unspecified atom stereocenters. The lowest BCUT2D eigenvalue weighted by Gasteiger charge is -2.34. The minimum atomic E-state index is 0.465. The van der Waals surface area contributed by atoms with E-state index in [0.29, 0.717) is 5.15 Å². The standard InChI is InChI=1S/C17H18ClN5/c1-21-7-9-22(10-8-21)14-4-2-3-13(11-14)15-12-19-17-6-5-16(18)20-23(15)17/h2-6,11-12H,7-10H2,1H3. The molecule has 4 rings (SSSR count). The van der Waals surface area contributed by atoms with Gasteiger partial charge in [0.2, 0.25) is 0 Å². The van der Waals surface area contributed by atoms with Crippen LogP contribution >= 0.6 is 11.6 Å². The number of likely N-dealkylation sites (N-methyl/N-ethyl adjacent to an activating group) is 1. The predicted molar refractivity (Wildman–Crippen MR) is 93.1 cm³/mol. The molecule has 1 saturated heterocycles. The van der Waals surface area contributed by atoms with Crippen molar-refractivity contribution in [1.29, 1.82) is 0 Å². The van der Waals surface area contributed by atoms with Gasteiger partial charge in [0.1, 0.15) is 5.15 Å². The van der Waals surface area contributed by atoms with Crippen molar-refractivity contribution in [3.63, 3.8) is 0 Å². The van der Waals surface area contributed by atoms with Crippen molar-refractivity contribution in [3.8, 4) is 11.3 Å². The lowest BCUT2D eigenvalue weighted by atomic mass is 10.1. The van der Waals surface area contributed by atoms with Crippen LogP contribution in [0.1, 0.15) is 0 Å². The minimum Gasteiger partial charge on any atom is -0.369 e. The predicted octanol–water partition coefficient (Wildman–Crippen LogP) is 2.80. The van der Waals surface area contributed by atoms with Crippen LogP contribution in [0, 0.1) is 0 Å². The van der Waals surface area contributed by atoms with Crippen molar-refractivity contribution >= 4 is 22.9 Å². The summed E-state index contributed by atoms with van der Waals surface area (Å²) in [4.78, 5) is 9.19. The lowest BCUT2D eigenvalue weighted by Crippen LogP contribution is -2.44. The Morgan fingerprint density at radius 2 is 1.87 bits per heavy atom. The highest BCUT2D eigenvalue weighted by Crippen LogP contribution is 2.26. The van der Waals surface area contributed by atoms with Gasteiger partial charge in [0, 0.05) is 37.4 Å². The molecule has 5 nitrogen and oxygen atoms in total. The first-order chi connectivity index (χ1) is 11.2. The highest BCUT2D eigenvalue weighted by atomic mass is 35.5. The summed E-state index contributed by atoms with van der Waals surface area (Å²) in [5, 5.41) is 4.83. The van der Waals surface area contributed by atoms with Gasteiger partial charge in [-0.2, -0.15) is 5.10 Å². The fourth-order valence-electron chi connectivity index (χ4n) is 2.97. The molecule has 1 fully saturated rings. The number of imidazole rings is 1. The van der Waals surface area contributed by atoms with E-state index in [1.54, 1.807) is 10.6 Å². The van der Waals surface area contributed by atoms with Crippen LogP contribution in [0.2, 0.25) is 5.15 Å². The van der Waals surface area contributed by atoms with E-state index in [4.69, 9.17) is 11.6 Å². The Morgan fingerprint density at radius 1 is 1.04 bits per heavy atom. The normalized spacial score (nSPS) is 16.2. The average molecular weight is 328 g/mol. The van der Waals surface area contributed by atoms with Gasteiger partial charge in [0.05, 0.1) is 11.9 Å². The maximum atomic E-state index is 6.03. The molecule has 0 N–H and O–H groups in total. The summed E-state index contributed by atoms with van der Waals surface area (Å²) in [5.41, 5.74) is 4.10. The summed E-state index contributed by atoms with van der Waals surface area (Å²) in [6.45, 7) is 4.29. The van der Waals surface area contributed by atoms with E-state index in [9.17, 15) is 0 Å². The van der Waals surface area contributed by atoms with Gasteiger partial charge in [-0.15, -0.1) is 0 Å². The maximum absolute atomic E-state index is 6.03. The van der Waals surface area contributed by atoms with E-state index in [1.165, 1.54) is 5.69 Å². The van der Waals surface area contributed by atoms with Gasteiger partial charge in [0.15, 0.2) is 5.65 Å². The molecule has 0 saturated carbocycles. The molecule has 118 valence electrons. The Bertz CT molecular complexity index is 836. The second-order valence-corrected chi connectivity index (χ2v) is 6.30. The first kappa shape index (κ1) is 14.5. The van der Waals surface area contributed by atoms with Crippen LogP contribution in [-0.4, -0.2) is 52.7 Å². The Labute approximate surface area is 140 Å². The lowest BCUT2D eigenvalue weighted by molar-refractivity contribution is 0.313. The Balaban J connectivity index is 1.71. The SMILES string of the molecule is CN1CCN(c2cccc(-c3cnc4ccc(Cl)nn34)c2)CC1. The zero-order chi connectivity index (χ0) is 15.8. The molecule has 0 atom stereocenters. The van der Waals surface area contributed by atoms with Gasteiger partial charge in [-0.25, -0.2) is 9.50 Å². The van der Waals surface area contributed by atoms with Crippen molar-refractivity contribution in [3.05, 3.63) is 47.7 Å². The molecule has 2 aromatic heterocycles. The summed E-state index contributed by atoms with van der Waals surface area (Å²) in [5.74, 6) is 0. The van der Waals surface area contributed by atoms with Crippen LogP contribution in [-0.2, 0) is 0 Å². The highest BCUT2D eigenvalue weighted by Gasteiger charge is 2.15. The number of halogens is 1. The summed E-state index contributed by atoms with van der Waals surface area (Å²) in [6.07, 6.45) is 1.85. The summed E-state index contributed by atoms with van der Waals surface area (Å²) in [6, 6.07) is 12.2. The van der Waals surface area contributed by atoms with E-state index in [1.807, 2.05) is 12.3 Å². The molecule has 0 aliphatic carbocycles. The van der Waals surface area contributed by atoms with Crippen LogP contribution < -0.4 is 4.90 Å². The third-order valence-electron chi connectivity index (χ3n) is 4.34.